The molecule has 1 rings (SSSR count). The predicted octanol–water partition coefficient (Wildman–Crippen LogP) is 3.54. The highest BCUT2D eigenvalue weighted by molar-refractivity contribution is 4.76. The number of rotatable bonds is 2. The Morgan fingerprint density at radius 2 is 1.83 bits per heavy atom. The van der Waals surface area contributed by atoms with Gasteiger partial charge in [-0.2, -0.15) is 0 Å². The fraction of sp³-hybridized carbons (Fsp3) is 1.00. The first-order valence-corrected chi connectivity index (χ1v) is 5.12. The van der Waals surface area contributed by atoms with Gasteiger partial charge >= 0.3 is 0 Å². The topological polar surface area (TPSA) is 3.24 Å². The Morgan fingerprint density at radius 1 is 1.25 bits per heavy atom. The van der Waals surface area contributed by atoms with Gasteiger partial charge in [-0.05, 0) is 32.4 Å². The van der Waals surface area contributed by atoms with Crippen molar-refractivity contribution in [2.45, 2.75) is 60.4 Å². The van der Waals surface area contributed by atoms with Crippen LogP contribution < -0.4 is 0 Å². The Morgan fingerprint density at radius 3 is 2.17 bits per heavy atom. The molecule has 0 N–H and O–H groups in total. The molecule has 0 aliphatic carbocycles. The van der Waals surface area contributed by atoms with Crippen molar-refractivity contribution in [1.29, 1.82) is 0 Å². The van der Waals surface area contributed by atoms with Crippen LogP contribution in [0.15, 0.2) is 0 Å². The van der Waals surface area contributed by atoms with E-state index in [0.29, 0.717) is 0 Å². The zero-order valence-corrected chi connectivity index (χ0v) is 8.56. The van der Waals surface area contributed by atoms with Gasteiger partial charge in [0, 0.05) is 6.04 Å². The second-order valence-electron chi connectivity index (χ2n) is 2.83. The fourth-order valence-electron chi connectivity index (χ4n) is 1.77. The normalized spacial score (nSPS) is 22.5. The largest absolute Gasteiger partial charge is 0.301 e. The molecule has 0 aromatic heterocycles. The monoisotopic (exact) mass is 173 g/mol. The minimum Gasteiger partial charge on any atom is -0.301 e. The average Bonchev–Trinajstić information content (AvgIpc) is 2.54. The van der Waals surface area contributed by atoms with Crippen LogP contribution in [-0.2, 0) is 0 Å². The Hall–Kier alpha value is -0.0400. The summed E-state index contributed by atoms with van der Waals surface area (Å²) in [4.78, 5) is 2.58. The van der Waals surface area contributed by atoms with Crippen LogP contribution >= 0.6 is 0 Å². The molecule has 1 nitrogen and oxygen atoms in total. The number of likely N-dealkylation sites (tertiary alicyclic amines) is 1. The molecule has 76 valence electrons. The lowest BCUT2D eigenvalue weighted by atomic mass is 10.2. The van der Waals surface area contributed by atoms with E-state index in [1.54, 1.807) is 0 Å². The number of nitrogens with zero attached hydrogens (tertiary/aromatic N) is 1. The molecule has 1 fully saturated rings. The summed E-state index contributed by atoms with van der Waals surface area (Å²) < 4.78 is 0. The highest BCUT2D eigenvalue weighted by Gasteiger charge is 2.20. The second-order valence-corrected chi connectivity index (χ2v) is 2.83. The van der Waals surface area contributed by atoms with Gasteiger partial charge in [0.2, 0.25) is 0 Å². The van der Waals surface area contributed by atoms with E-state index in [-0.39, 0.29) is 7.43 Å². The smallest absolute Gasteiger partial charge is 0.00929 e. The van der Waals surface area contributed by atoms with Gasteiger partial charge in [-0.1, -0.05) is 35.1 Å². The molecule has 1 saturated heterocycles. The standard InChI is InChI=1S/C8H17N.C2H6.CH4/c1-3-8-6-5-7-9(8)4-2;1-2;/h8H,3-7H2,1-2H3;1-2H3;1H4. The molecule has 0 aromatic rings. The maximum atomic E-state index is 2.58. The van der Waals surface area contributed by atoms with Gasteiger partial charge in [-0.15, -0.1) is 0 Å². The van der Waals surface area contributed by atoms with Crippen molar-refractivity contribution in [2.24, 2.45) is 0 Å². The van der Waals surface area contributed by atoms with Crippen LogP contribution in [0.25, 0.3) is 0 Å². The summed E-state index contributed by atoms with van der Waals surface area (Å²) in [5, 5.41) is 0. The zero-order chi connectivity index (χ0) is 8.69. The van der Waals surface area contributed by atoms with E-state index >= 15 is 0 Å². The maximum absolute atomic E-state index is 2.58. The van der Waals surface area contributed by atoms with Crippen molar-refractivity contribution in [3.05, 3.63) is 0 Å². The van der Waals surface area contributed by atoms with Gasteiger partial charge in [0.05, 0.1) is 0 Å². The lowest BCUT2D eigenvalue weighted by Crippen LogP contribution is -2.28. The Balaban J connectivity index is 0. The summed E-state index contributed by atoms with van der Waals surface area (Å²) >= 11 is 0. The SMILES string of the molecule is C.CC.CCC1CCCN1CC. The van der Waals surface area contributed by atoms with Crippen molar-refractivity contribution in [3.8, 4) is 0 Å². The van der Waals surface area contributed by atoms with Crippen LogP contribution in [0.3, 0.4) is 0 Å². The summed E-state index contributed by atoms with van der Waals surface area (Å²) in [7, 11) is 0. The Bertz CT molecular complexity index is 71.1. The van der Waals surface area contributed by atoms with Crippen molar-refractivity contribution < 1.29 is 0 Å². The number of hydrogen-bond acceptors (Lipinski definition) is 1. The highest BCUT2D eigenvalue weighted by atomic mass is 15.2. The minimum absolute atomic E-state index is 0. The molecule has 1 aliphatic heterocycles. The molecule has 1 atom stereocenters. The summed E-state index contributed by atoms with van der Waals surface area (Å²) in [5.41, 5.74) is 0. The van der Waals surface area contributed by atoms with Crippen LogP contribution in [0, 0.1) is 0 Å². The van der Waals surface area contributed by atoms with E-state index in [9.17, 15) is 0 Å². The molecule has 1 unspecified atom stereocenters. The fourth-order valence-corrected chi connectivity index (χ4v) is 1.77. The summed E-state index contributed by atoms with van der Waals surface area (Å²) in [6, 6.07) is 0.912. The average molecular weight is 173 g/mol. The first-order chi connectivity index (χ1) is 5.38. The van der Waals surface area contributed by atoms with E-state index in [2.05, 4.69) is 18.7 Å². The molecule has 0 spiro atoms. The van der Waals surface area contributed by atoms with Gasteiger partial charge in [0.15, 0.2) is 0 Å². The first-order valence-electron chi connectivity index (χ1n) is 5.12. The zero-order valence-electron chi connectivity index (χ0n) is 8.56. The summed E-state index contributed by atoms with van der Waals surface area (Å²) in [6.07, 6.45) is 4.20. The lowest BCUT2D eigenvalue weighted by Gasteiger charge is -2.20. The first kappa shape index (κ1) is 14.5. The molecule has 0 bridgehead atoms. The maximum Gasteiger partial charge on any atom is 0.00929 e. The molecule has 0 saturated carbocycles. The molecule has 0 amide bonds. The molecule has 0 aromatic carbocycles. The third-order valence-electron chi connectivity index (χ3n) is 2.38. The molecule has 12 heavy (non-hydrogen) atoms. The minimum atomic E-state index is 0. The predicted molar refractivity (Wildman–Crippen MR) is 58.6 cm³/mol. The molecular weight excluding hydrogens is 146 g/mol. The molecule has 0 radical (unpaired) electrons. The highest BCUT2D eigenvalue weighted by Crippen LogP contribution is 2.18. The molecular formula is C11H27N. The van der Waals surface area contributed by atoms with Crippen LogP contribution in [0.1, 0.15) is 54.4 Å². The van der Waals surface area contributed by atoms with Gasteiger partial charge in [-0.25, -0.2) is 0 Å². The van der Waals surface area contributed by atoms with Crippen LogP contribution in [0.5, 0.6) is 0 Å². The van der Waals surface area contributed by atoms with Gasteiger partial charge < -0.3 is 4.90 Å². The summed E-state index contributed by atoms with van der Waals surface area (Å²) in [6.45, 7) is 11.1. The van der Waals surface area contributed by atoms with E-state index in [1.165, 1.54) is 32.4 Å². The quantitative estimate of drug-likeness (QED) is 0.617. The van der Waals surface area contributed by atoms with E-state index < -0.39 is 0 Å². The van der Waals surface area contributed by atoms with Crippen LogP contribution in [0.4, 0.5) is 0 Å². The van der Waals surface area contributed by atoms with Gasteiger partial charge in [-0.3, -0.25) is 0 Å². The van der Waals surface area contributed by atoms with Crippen molar-refractivity contribution in [3.63, 3.8) is 0 Å². The third kappa shape index (κ3) is 4.10. The number of hydrogen-bond donors (Lipinski definition) is 0. The Labute approximate surface area is 79.2 Å². The summed E-state index contributed by atoms with van der Waals surface area (Å²) in [5.74, 6) is 0. The second kappa shape index (κ2) is 9.05. The van der Waals surface area contributed by atoms with E-state index in [1.807, 2.05) is 13.8 Å². The van der Waals surface area contributed by atoms with E-state index in [4.69, 9.17) is 0 Å². The van der Waals surface area contributed by atoms with E-state index in [0.717, 1.165) is 6.04 Å². The molecule has 1 heteroatoms. The van der Waals surface area contributed by atoms with Crippen molar-refractivity contribution in [1.82, 2.24) is 4.90 Å². The van der Waals surface area contributed by atoms with Crippen LogP contribution in [-0.4, -0.2) is 24.0 Å². The lowest BCUT2D eigenvalue weighted by molar-refractivity contribution is 0.262. The van der Waals surface area contributed by atoms with Gasteiger partial charge in [0.25, 0.3) is 0 Å². The van der Waals surface area contributed by atoms with Gasteiger partial charge in [0.1, 0.15) is 0 Å². The van der Waals surface area contributed by atoms with Crippen molar-refractivity contribution in [2.75, 3.05) is 13.1 Å². The Kier molecular flexibility index (Phi) is 10.9. The van der Waals surface area contributed by atoms with Crippen LogP contribution in [0.2, 0.25) is 0 Å². The molecule has 1 heterocycles. The molecule has 1 aliphatic rings. The van der Waals surface area contributed by atoms with Crippen molar-refractivity contribution >= 4 is 0 Å². The third-order valence-corrected chi connectivity index (χ3v) is 2.38.